The molecule has 2 N–H and O–H groups in total. The Balaban J connectivity index is 2.03. The number of nitrogens with one attached hydrogen (secondary N) is 1. The fourth-order valence-corrected chi connectivity index (χ4v) is 2.24. The van der Waals surface area contributed by atoms with Gasteiger partial charge in [0.15, 0.2) is 0 Å². The van der Waals surface area contributed by atoms with Gasteiger partial charge in [-0.2, -0.15) is 0 Å². The van der Waals surface area contributed by atoms with Crippen LogP contribution in [0.15, 0.2) is 35.3 Å². The van der Waals surface area contributed by atoms with Crippen molar-refractivity contribution in [2.75, 3.05) is 6.61 Å². The number of aliphatic imine (C=N–C) groups is 1. The average Bonchev–Trinajstić information content (AvgIpc) is 2.85. The van der Waals surface area contributed by atoms with Crippen molar-refractivity contribution >= 4 is 12.0 Å². The van der Waals surface area contributed by atoms with Crippen LogP contribution in [0, 0.1) is 5.92 Å². The van der Waals surface area contributed by atoms with Crippen molar-refractivity contribution in [1.82, 2.24) is 5.32 Å². The van der Waals surface area contributed by atoms with Crippen molar-refractivity contribution in [2.45, 2.75) is 32.4 Å². The van der Waals surface area contributed by atoms with E-state index in [1.165, 1.54) is 5.56 Å². The normalized spacial score (nSPS) is 19.4. The maximum atomic E-state index is 10.8. The average molecular weight is 276 g/mol. The summed E-state index contributed by atoms with van der Waals surface area (Å²) in [4.78, 5) is 15.3. The third-order valence-electron chi connectivity index (χ3n) is 3.26. The monoisotopic (exact) mass is 276 g/mol. The summed E-state index contributed by atoms with van der Waals surface area (Å²) in [5, 5.41) is 11.3. The molecule has 1 aliphatic heterocycles. The molecule has 5 heteroatoms. The molecular weight excluding hydrogens is 256 g/mol. The Morgan fingerprint density at radius 2 is 2.15 bits per heavy atom. The Morgan fingerprint density at radius 1 is 1.45 bits per heavy atom. The molecule has 0 bridgehead atoms. The van der Waals surface area contributed by atoms with Crippen molar-refractivity contribution in [2.24, 2.45) is 10.9 Å². The molecule has 1 aromatic carbocycles. The largest absolute Gasteiger partial charge is 0.477 e. The SMILES string of the molecule is CC(C)C(NC(=O)O)C1=N[C@@H](Cc2ccccc2)CO1. The van der Waals surface area contributed by atoms with Gasteiger partial charge in [0, 0.05) is 0 Å². The molecule has 0 aromatic heterocycles. The third kappa shape index (κ3) is 3.73. The van der Waals surface area contributed by atoms with E-state index in [1.54, 1.807) is 0 Å². The zero-order valence-electron chi connectivity index (χ0n) is 11.7. The van der Waals surface area contributed by atoms with Gasteiger partial charge in [0.05, 0.1) is 6.04 Å². The van der Waals surface area contributed by atoms with Crippen molar-refractivity contribution in [3.05, 3.63) is 35.9 Å². The first-order valence-corrected chi connectivity index (χ1v) is 6.80. The molecule has 0 aliphatic carbocycles. The Hall–Kier alpha value is -2.04. The van der Waals surface area contributed by atoms with E-state index in [9.17, 15) is 4.79 Å². The van der Waals surface area contributed by atoms with Crippen LogP contribution in [-0.2, 0) is 11.2 Å². The lowest BCUT2D eigenvalue weighted by molar-refractivity contribution is 0.187. The van der Waals surface area contributed by atoms with E-state index in [4.69, 9.17) is 9.84 Å². The third-order valence-corrected chi connectivity index (χ3v) is 3.26. The van der Waals surface area contributed by atoms with E-state index in [2.05, 4.69) is 22.4 Å². The van der Waals surface area contributed by atoms with Crippen LogP contribution in [0.1, 0.15) is 19.4 Å². The highest BCUT2D eigenvalue weighted by atomic mass is 16.5. The highest BCUT2D eigenvalue weighted by Crippen LogP contribution is 2.16. The van der Waals surface area contributed by atoms with Gasteiger partial charge in [-0.3, -0.25) is 0 Å². The predicted molar refractivity (Wildman–Crippen MR) is 77.1 cm³/mol. The Morgan fingerprint density at radius 3 is 2.75 bits per heavy atom. The fourth-order valence-electron chi connectivity index (χ4n) is 2.24. The maximum Gasteiger partial charge on any atom is 0.405 e. The molecule has 108 valence electrons. The van der Waals surface area contributed by atoms with Gasteiger partial charge in [-0.05, 0) is 17.9 Å². The van der Waals surface area contributed by atoms with Crippen LogP contribution in [-0.4, -0.2) is 35.8 Å². The van der Waals surface area contributed by atoms with Gasteiger partial charge in [-0.25, -0.2) is 9.79 Å². The lowest BCUT2D eigenvalue weighted by Gasteiger charge is -2.19. The van der Waals surface area contributed by atoms with E-state index in [-0.39, 0.29) is 18.0 Å². The number of hydrogen-bond donors (Lipinski definition) is 2. The molecular formula is C15H20N2O3. The smallest absolute Gasteiger partial charge is 0.405 e. The van der Waals surface area contributed by atoms with Crippen LogP contribution in [0.3, 0.4) is 0 Å². The summed E-state index contributed by atoms with van der Waals surface area (Å²) in [6, 6.07) is 9.77. The molecule has 2 atom stereocenters. The minimum absolute atomic E-state index is 0.0595. The number of ether oxygens (including phenoxy) is 1. The molecule has 0 fully saturated rings. The number of nitrogens with zero attached hydrogens (tertiary/aromatic N) is 1. The number of hydrogen-bond acceptors (Lipinski definition) is 3. The van der Waals surface area contributed by atoms with Gasteiger partial charge in [0.1, 0.15) is 12.6 Å². The predicted octanol–water partition coefficient (Wildman–Crippen LogP) is 2.32. The van der Waals surface area contributed by atoms with E-state index < -0.39 is 6.09 Å². The zero-order chi connectivity index (χ0) is 14.5. The first-order valence-electron chi connectivity index (χ1n) is 6.80. The molecule has 1 aromatic rings. The molecule has 1 heterocycles. The summed E-state index contributed by atoms with van der Waals surface area (Å²) in [5.41, 5.74) is 1.21. The van der Waals surface area contributed by atoms with E-state index in [1.807, 2.05) is 32.0 Å². The van der Waals surface area contributed by atoms with Gasteiger partial charge in [-0.1, -0.05) is 44.2 Å². The van der Waals surface area contributed by atoms with Crippen LogP contribution in [0.5, 0.6) is 0 Å². The second-order valence-corrected chi connectivity index (χ2v) is 5.29. The molecule has 0 saturated heterocycles. The van der Waals surface area contributed by atoms with Crippen LogP contribution in [0.25, 0.3) is 0 Å². The summed E-state index contributed by atoms with van der Waals surface area (Å²) >= 11 is 0. The quantitative estimate of drug-likeness (QED) is 0.867. The summed E-state index contributed by atoms with van der Waals surface area (Å²) in [7, 11) is 0. The molecule has 0 saturated carbocycles. The Bertz CT molecular complexity index is 485. The molecule has 1 unspecified atom stereocenters. The minimum Gasteiger partial charge on any atom is -0.477 e. The summed E-state index contributed by atoms with van der Waals surface area (Å²) in [6.45, 7) is 4.39. The molecule has 1 aliphatic rings. The van der Waals surface area contributed by atoms with Crippen molar-refractivity contribution in [3.8, 4) is 0 Å². The Kier molecular flexibility index (Phi) is 4.61. The highest BCUT2D eigenvalue weighted by Gasteiger charge is 2.29. The lowest BCUT2D eigenvalue weighted by Crippen LogP contribution is -2.43. The van der Waals surface area contributed by atoms with Crippen LogP contribution >= 0.6 is 0 Å². The van der Waals surface area contributed by atoms with Gasteiger partial charge < -0.3 is 15.2 Å². The van der Waals surface area contributed by atoms with Crippen LogP contribution in [0.4, 0.5) is 4.79 Å². The van der Waals surface area contributed by atoms with Gasteiger partial charge >= 0.3 is 6.09 Å². The van der Waals surface area contributed by atoms with E-state index >= 15 is 0 Å². The Labute approximate surface area is 118 Å². The lowest BCUT2D eigenvalue weighted by atomic mass is 10.0. The maximum absolute atomic E-state index is 10.8. The number of rotatable bonds is 5. The second-order valence-electron chi connectivity index (χ2n) is 5.29. The van der Waals surface area contributed by atoms with E-state index in [0.717, 1.165) is 6.42 Å². The number of carboxylic acid groups (broad SMARTS) is 1. The minimum atomic E-state index is -1.05. The van der Waals surface area contributed by atoms with Crippen molar-refractivity contribution in [3.63, 3.8) is 0 Å². The van der Waals surface area contributed by atoms with Gasteiger partial charge in [0.2, 0.25) is 5.90 Å². The molecule has 1 amide bonds. The van der Waals surface area contributed by atoms with Gasteiger partial charge in [0.25, 0.3) is 0 Å². The van der Waals surface area contributed by atoms with Crippen molar-refractivity contribution < 1.29 is 14.6 Å². The topological polar surface area (TPSA) is 70.9 Å². The summed E-state index contributed by atoms with van der Waals surface area (Å²) in [5.74, 6) is 0.601. The number of carbonyl (C=O) groups is 1. The first-order chi connectivity index (χ1) is 9.56. The molecule has 5 nitrogen and oxygen atoms in total. The summed E-state index contributed by atoms with van der Waals surface area (Å²) < 4.78 is 5.59. The molecule has 0 radical (unpaired) electrons. The first kappa shape index (κ1) is 14.4. The molecule has 20 heavy (non-hydrogen) atoms. The number of benzene rings is 1. The van der Waals surface area contributed by atoms with Gasteiger partial charge in [-0.15, -0.1) is 0 Å². The number of amides is 1. The van der Waals surface area contributed by atoms with Crippen molar-refractivity contribution in [1.29, 1.82) is 0 Å². The van der Waals surface area contributed by atoms with E-state index in [0.29, 0.717) is 12.5 Å². The van der Waals surface area contributed by atoms with Crippen LogP contribution in [0.2, 0.25) is 0 Å². The highest BCUT2D eigenvalue weighted by molar-refractivity contribution is 5.86. The molecule has 0 spiro atoms. The second kappa shape index (κ2) is 6.41. The zero-order valence-corrected chi connectivity index (χ0v) is 11.7. The fraction of sp³-hybridized carbons (Fsp3) is 0.467. The van der Waals surface area contributed by atoms with Crippen LogP contribution < -0.4 is 5.32 Å². The standard InChI is InChI=1S/C15H20N2O3/c1-10(2)13(17-15(18)19)14-16-12(9-20-14)8-11-6-4-3-5-7-11/h3-7,10,12-13,17H,8-9H2,1-2H3,(H,18,19)/t12-,13?/m0/s1. The molecule has 2 rings (SSSR count). The summed E-state index contributed by atoms with van der Waals surface area (Å²) in [6.07, 6.45) is -0.246.